The largest absolute Gasteiger partial charge is 0.465 e. The van der Waals surface area contributed by atoms with Crippen molar-refractivity contribution in [3.05, 3.63) is 87.2 Å². The van der Waals surface area contributed by atoms with Crippen molar-refractivity contribution in [3.8, 4) is 0 Å². The van der Waals surface area contributed by atoms with Gasteiger partial charge in [0.2, 0.25) is 5.91 Å². The summed E-state index contributed by atoms with van der Waals surface area (Å²) in [4.78, 5) is 44.2. The Labute approximate surface area is 184 Å². The number of rotatable bonds is 8. The molecule has 0 radical (unpaired) electrons. The molecule has 32 heavy (non-hydrogen) atoms. The van der Waals surface area contributed by atoms with Gasteiger partial charge in [-0.05, 0) is 48.7 Å². The summed E-state index contributed by atoms with van der Waals surface area (Å²) in [5.74, 6) is -0.0910. The molecule has 166 valence electrons. The molecule has 0 aromatic carbocycles. The third-order valence-corrected chi connectivity index (χ3v) is 4.85. The molecule has 0 unspecified atom stereocenters. The summed E-state index contributed by atoms with van der Waals surface area (Å²) in [7, 11) is 0. The Morgan fingerprint density at radius 1 is 1.12 bits per heavy atom. The van der Waals surface area contributed by atoms with E-state index in [1.54, 1.807) is 44.6 Å². The summed E-state index contributed by atoms with van der Waals surface area (Å²) < 4.78 is 1.37. The number of hydrogen-bond acceptors (Lipinski definition) is 6. The Kier molecular flexibility index (Phi) is 7.17. The van der Waals surface area contributed by atoms with Gasteiger partial charge in [0.25, 0.3) is 5.56 Å². The molecule has 0 bridgehead atoms. The lowest BCUT2D eigenvalue weighted by molar-refractivity contribution is -0.120. The summed E-state index contributed by atoms with van der Waals surface area (Å²) in [5.41, 5.74) is 6.14. The van der Waals surface area contributed by atoms with Crippen LogP contribution in [0.5, 0.6) is 0 Å². The lowest BCUT2D eigenvalue weighted by atomic mass is 10.1. The Morgan fingerprint density at radius 2 is 1.94 bits per heavy atom. The Morgan fingerprint density at radius 3 is 2.62 bits per heavy atom. The SMILES string of the molecule is Cc1ccn(NCc2cccnc2)c(=O)c1CC(=O)NCc1ccc(NC(=O)O)nc1C. The zero-order valence-electron chi connectivity index (χ0n) is 17.8. The smallest absolute Gasteiger partial charge is 0.410 e. The highest BCUT2D eigenvalue weighted by Crippen LogP contribution is 2.11. The molecule has 0 aliphatic carbocycles. The number of hydrogen-bond donors (Lipinski definition) is 4. The molecule has 0 fully saturated rings. The molecule has 0 saturated carbocycles. The van der Waals surface area contributed by atoms with Gasteiger partial charge < -0.3 is 15.8 Å². The average Bonchev–Trinajstić information content (AvgIpc) is 2.76. The van der Waals surface area contributed by atoms with E-state index < -0.39 is 6.09 Å². The summed E-state index contributed by atoms with van der Waals surface area (Å²) in [6.07, 6.45) is 3.76. The molecule has 3 aromatic heterocycles. The molecule has 3 heterocycles. The van der Waals surface area contributed by atoms with Crippen LogP contribution in [0, 0.1) is 13.8 Å². The lowest BCUT2D eigenvalue weighted by Crippen LogP contribution is -2.34. The van der Waals surface area contributed by atoms with Crippen molar-refractivity contribution >= 4 is 17.8 Å². The quantitative estimate of drug-likeness (QED) is 0.423. The minimum atomic E-state index is -1.20. The standard InChI is InChI=1S/C22H24N6O4/c1-14-7-9-28(25-12-16-4-3-8-23-11-16)21(30)18(14)10-20(29)24-13-17-5-6-19(26-15(17)2)27-22(31)32/h3-9,11,25H,10,12-13H2,1-2H3,(H,24,29)(H,26,27)(H,31,32). The molecule has 3 aromatic rings. The van der Waals surface area contributed by atoms with Gasteiger partial charge in [-0.25, -0.2) is 14.5 Å². The van der Waals surface area contributed by atoms with E-state index in [4.69, 9.17) is 5.11 Å². The fourth-order valence-corrected chi connectivity index (χ4v) is 3.06. The van der Waals surface area contributed by atoms with E-state index in [2.05, 4.69) is 26.0 Å². The molecule has 0 aliphatic heterocycles. The van der Waals surface area contributed by atoms with Crippen molar-refractivity contribution in [2.24, 2.45) is 0 Å². The minimum Gasteiger partial charge on any atom is -0.465 e. The molecule has 0 aliphatic rings. The van der Waals surface area contributed by atoms with Gasteiger partial charge >= 0.3 is 6.09 Å². The van der Waals surface area contributed by atoms with Gasteiger partial charge in [0, 0.05) is 36.4 Å². The monoisotopic (exact) mass is 436 g/mol. The van der Waals surface area contributed by atoms with Crippen LogP contribution in [0.4, 0.5) is 10.6 Å². The minimum absolute atomic E-state index is 0.0643. The van der Waals surface area contributed by atoms with Gasteiger partial charge in [0.15, 0.2) is 0 Å². The number of pyridine rings is 3. The number of amides is 2. The number of nitrogens with one attached hydrogen (secondary N) is 3. The third-order valence-electron chi connectivity index (χ3n) is 4.85. The normalized spacial score (nSPS) is 10.4. The lowest BCUT2D eigenvalue weighted by Gasteiger charge is -2.13. The molecule has 10 heteroatoms. The zero-order valence-corrected chi connectivity index (χ0v) is 17.8. The number of anilines is 1. The number of aromatic nitrogens is 3. The van der Waals surface area contributed by atoms with Crippen LogP contribution >= 0.6 is 0 Å². The summed E-state index contributed by atoms with van der Waals surface area (Å²) in [6.45, 7) is 4.14. The van der Waals surface area contributed by atoms with E-state index in [1.165, 1.54) is 10.7 Å². The van der Waals surface area contributed by atoms with Crippen LogP contribution in [0.15, 0.2) is 53.7 Å². The van der Waals surface area contributed by atoms with Crippen molar-refractivity contribution in [2.45, 2.75) is 33.4 Å². The van der Waals surface area contributed by atoms with Gasteiger partial charge in [-0.1, -0.05) is 12.1 Å². The van der Waals surface area contributed by atoms with Crippen LogP contribution in [0.25, 0.3) is 0 Å². The number of carboxylic acid groups (broad SMARTS) is 1. The van der Waals surface area contributed by atoms with Gasteiger partial charge in [0.05, 0.1) is 13.0 Å². The molecule has 2 amide bonds. The van der Waals surface area contributed by atoms with Gasteiger partial charge in [-0.3, -0.25) is 19.9 Å². The van der Waals surface area contributed by atoms with Crippen LogP contribution < -0.4 is 21.6 Å². The van der Waals surface area contributed by atoms with Crippen LogP contribution in [0.2, 0.25) is 0 Å². The molecule has 0 saturated heterocycles. The third kappa shape index (κ3) is 5.91. The van der Waals surface area contributed by atoms with Crippen LogP contribution in [0.3, 0.4) is 0 Å². The first-order valence-electron chi connectivity index (χ1n) is 9.90. The molecular formula is C22H24N6O4. The molecule has 10 nitrogen and oxygen atoms in total. The maximum Gasteiger partial charge on any atom is 0.410 e. The van der Waals surface area contributed by atoms with Crippen molar-refractivity contribution in [3.63, 3.8) is 0 Å². The Hall–Kier alpha value is -4.21. The van der Waals surface area contributed by atoms with E-state index in [1.807, 2.05) is 12.1 Å². The maximum atomic E-state index is 12.8. The fraction of sp³-hybridized carbons (Fsp3) is 0.227. The molecule has 0 atom stereocenters. The number of aryl methyl sites for hydroxylation is 2. The number of carbonyl (C=O) groups excluding carboxylic acids is 1. The highest BCUT2D eigenvalue weighted by atomic mass is 16.4. The average molecular weight is 436 g/mol. The van der Waals surface area contributed by atoms with E-state index in [0.717, 1.165) is 16.7 Å². The fourth-order valence-electron chi connectivity index (χ4n) is 3.06. The Bertz CT molecular complexity index is 1180. The highest BCUT2D eigenvalue weighted by molar-refractivity contribution is 5.81. The number of carbonyl (C=O) groups is 2. The van der Waals surface area contributed by atoms with Crippen molar-refractivity contribution in [2.75, 3.05) is 10.7 Å². The van der Waals surface area contributed by atoms with E-state index >= 15 is 0 Å². The van der Waals surface area contributed by atoms with Gasteiger partial charge in [-0.2, -0.15) is 0 Å². The van der Waals surface area contributed by atoms with Crippen LogP contribution in [-0.4, -0.2) is 31.8 Å². The van der Waals surface area contributed by atoms with E-state index in [-0.39, 0.29) is 30.2 Å². The second kappa shape index (κ2) is 10.2. The molecular weight excluding hydrogens is 412 g/mol. The van der Waals surface area contributed by atoms with Crippen molar-refractivity contribution in [1.29, 1.82) is 0 Å². The summed E-state index contributed by atoms with van der Waals surface area (Å²) in [5, 5.41) is 13.7. The van der Waals surface area contributed by atoms with Crippen molar-refractivity contribution < 1.29 is 14.7 Å². The van der Waals surface area contributed by atoms with Crippen LogP contribution in [-0.2, 0) is 24.3 Å². The molecule has 4 N–H and O–H groups in total. The van der Waals surface area contributed by atoms with E-state index in [0.29, 0.717) is 17.8 Å². The van der Waals surface area contributed by atoms with E-state index in [9.17, 15) is 14.4 Å². The van der Waals surface area contributed by atoms with Gasteiger partial charge in [-0.15, -0.1) is 0 Å². The maximum absolute atomic E-state index is 12.8. The molecule has 0 spiro atoms. The highest BCUT2D eigenvalue weighted by Gasteiger charge is 2.13. The van der Waals surface area contributed by atoms with Crippen LogP contribution in [0.1, 0.15) is 27.9 Å². The number of nitrogens with zero attached hydrogens (tertiary/aromatic N) is 3. The molecule has 3 rings (SSSR count). The predicted octanol–water partition coefficient (Wildman–Crippen LogP) is 1.95. The first-order chi connectivity index (χ1) is 15.3. The second-order valence-electron chi connectivity index (χ2n) is 7.17. The van der Waals surface area contributed by atoms with Crippen molar-refractivity contribution in [1.82, 2.24) is 20.0 Å². The first-order valence-corrected chi connectivity index (χ1v) is 9.90. The topological polar surface area (TPSA) is 138 Å². The zero-order chi connectivity index (χ0) is 23.1. The second-order valence-corrected chi connectivity index (χ2v) is 7.17. The summed E-state index contributed by atoms with van der Waals surface area (Å²) in [6, 6.07) is 8.71. The van der Waals surface area contributed by atoms with Gasteiger partial charge in [0.1, 0.15) is 5.82 Å². The predicted molar refractivity (Wildman–Crippen MR) is 119 cm³/mol. The first kappa shape index (κ1) is 22.5. The summed E-state index contributed by atoms with van der Waals surface area (Å²) >= 11 is 0. The Balaban J connectivity index is 1.63.